The van der Waals surface area contributed by atoms with Gasteiger partial charge in [0, 0.05) is 39.1 Å². The molecule has 2 heterocycles. The maximum absolute atomic E-state index is 13.7. The summed E-state index contributed by atoms with van der Waals surface area (Å²) in [4.78, 5) is 64.3. The van der Waals surface area contributed by atoms with Gasteiger partial charge in [-0.15, -0.1) is 11.3 Å². The summed E-state index contributed by atoms with van der Waals surface area (Å²) in [5.74, 6) is -1.40. The van der Waals surface area contributed by atoms with Gasteiger partial charge in [0.1, 0.15) is 6.54 Å². The number of carbonyl (C=O) groups excluding carboxylic acids is 5. The molecule has 6 unspecified atom stereocenters. The minimum absolute atomic E-state index is 0. The number of primary amides is 1. The van der Waals surface area contributed by atoms with Crippen molar-refractivity contribution in [1.29, 1.82) is 0 Å². The quantitative estimate of drug-likeness (QED) is 0.163. The first-order valence-corrected chi connectivity index (χ1v) is 16.9. The van der Waals surface area contributed by atoms with Crippen LogP contribution in [0, 0.1) is 24.2 Å². The molecular formula is C34H59FmN4O8S-. The van der Waals surface area contributed by atoms with Crippen LogP contribution in [-0.2, 0) is 38.2 Å². The maximum Gasteiger partial charge on any atom is 0.325 e. The second kappa shape index (κ2) is 23.3. The van der Waals surface area contributed by atoms with Gasteiger partial charge in [-0.3, -0.25) is 19.2 Å². The fourth-order valence-corrected chi connectivity index (χ4v) is 6.19. The minimum Gasteiger partial charge on any atom is -0.543 e. The molecule has 12 nitrogen and oxygen atoms in total. The molecule has 1 aromatic rings. The van der Waals surface area contributed by atoms with Crippen LogP contribution in [0.5, 0.6) is 0 Å². The summed E-state index contributed by atoms with van der Waals surface area (Å²) in [7, 11) is 6.18. The first-order valence-electron chi connectivity index (χ1n) is 16.1. The van der Waals surface area contributed by atoms with Gasteiger partial charge in [-0.25, -0.2) is 0 Å². The predicted molar refractivity (Wildman–Crippen MR) is 184 cm³/mol. The van der Waals surface area contributed by atoms with E-state index in [-0.39, 0.29) is 54.1 Å². The van der Waals surface area contributed by atoms with E-state index in [1.54, 1.807) is 42.2 Å². The Morgan fingerprint density at radius 2 is 1.77 bits per heavy atom. The van der Waals surface area contributed by atoms with E-state index in [1.165, 1.54) is 19.1 Å². The van der Waals surface area contributed by atoms with E-state index in [9.17, 15) is 19.2 Å². The topological polar surface area (TPSA) is 158 Å². The van der Waals surface area contributed by atoms with Gasteiger partial charge in [0.05, 0.1) is 43.7 Å². The second-order valence-corrected chi connectivity index (χ2v) is 14.2. The number of aryl methyl sites for hydroxylation is 1. The number of methoxy groups -OCH3 is 3. The Balaban J connectivity index is 0. The fourth-order valence-electron chi connectivity index (χ4n) is 5.66. The van der Waals surface area contributed by atoms with E-state index in [0.717, 1.165) is 19.3 Å². The van der Waals surface area contributed by atoms with Crippen LogP contribution in [0.3, 0.4) is 0 Å². The van der Waals surface area contributed by atoms with Gasteiger partial charge in [-0.05, 0) is 42.5 Å². The third-order valence-electron chi connectivity index (χ3n) is 8.28. The standard InChI is InChI=1S/C28H51N3O7.C5H6S.CH2NO.Fm/c1-11-18(2)25(30(7)23(33)16-28(4,5)6)21(36-8)15-22(32)31-14-12-13-20(31)26(38-10)19(3)27(35)29-17-24(34)37-9;1-5-3-2-4-6-5;2-1-3;/h18-21,25-26H,11-17H2,1-10H3,(H,29,35);2-4H,1H3;(H2,2,3);/q;;-1;. The molecule has 3 N–H and O–H groups in total. The fraction of sp³-hybridized carbons (Fsp3) is 0.735. The first-order chi connectivity index (χ1) is 22.0. The van der Waals surface area contributed by atoms with Crippen LogP contribution in [0.15, 0.2) is 17.5 Å². The van der Waals surface area contributed by atoms with Crippen LogP contribution in [0.2, 0.25) is 0 Å². The van der Waals surface area contributed by atoms with E-state index in [0.29, 0.717) is 19.4 Å². The van der Waals surface area contributed by atoms with Crippen molar-refractivity contribution in [2.24, 2.45) is 23.0 Å². The van der Waals surface area contributed by atoms with Gasteiger partial charge < -0.3 is 39.9 Å². The van der Waals surface area contributed by atoms with Gasteiger partial charge in [0.15, 0.2) is 0 Å². The van der Waals surface area contributed by atoms with Crippen LogP contribution in [0.1, 0.15) is 78.5 Å². The normalized spacial score (nSPS) is 17.0. The van der Waals surface area contributed by atoms with Crippen molar-refractivity contribution in [2.75, 3.05) is 41.5 Å². The van der Waals surface area contributed by atoms with Crippen molar-refractivity contribution in [3.63, 3.8) is 0 Å². The molecule has 0 bridgehead atoms. The minimum atomic E-state index is -0.588. The van der Waals surface area contributed by atoms with E-state index >= 15 is 0 Å². The van der Waals surface area contributed by atoms with Gasteiger partial charge in [0.2, 0.25) is 17.7 Å². The smallest absolute Gasteiger partial charge is 0.325 e. The molecule has 2 rings (SSSR count). The number of rotatable bonds is 14. The Hall–Kier alpha value is -4.03. The van der Waals surface area contributed by atoms with Crippen LogP contribution < -0.4 is 11.1 Å². The summed E-state index contributed by atoms with van der Waals surface area (Å²) >= 11 is 1.78. The van der Waals surface area contributed by atoms with Gasteiger partial charge in [-0.1, -0.05) is 54.0 Å². The monoisotopic (exact) mass is 941 g/mol. The van der Waals surface area contributed by atoms with Crippen LogP contribution in [0.4, 0.5) is 0 Å². The third-order valence-corrected chi connectivity index (χ3v) is 9.09. The number of likely N-dealkylation sites (N-methyl/N-ethyl adjacent to an activating group) is 1. The molecule has 0 spiro atoms. The zero-order valence-corrected chi connectivity index (χ0v) is 33.8. The Labute approximate surface area is 286 Å². The molecule has 48 heavy (non-hydrogen) atoms. The van der Waals surface area contributed by atoms with E-state index in [4.69, 9.17) is 14.3 Å². The number of hydrogen-bond acceptors (Lipinski definition) is 9. The number of hydrogen-bond donors (Lipinski definition) is 2. The number of amides is 4. The Morgan fingerprint density at radius 1 is 1.17 bits per heavy atom. The molecule has 4 amide bonds. The number of ether oxygens (including phenoxy) is 3. The van der Waals surface area contributed by atoms with Crippen LogP contribution in [0.25, 0.3) is 0 Å². The Bertz CT molecular complexity index is 1090. The number of nitrogens with one attached hydrogen (secondary N) is 1. The summed E-state index contributed by atoms with van der Waals surface area (Å²) in [5.41, 5.74) is 3.89. The zero-order chi connectivity index (χ0) is 36.3. The first kappa shape index (κ1) is 46.1. The Kier molecular flexibility index (Phi) is 22.4. The van der Waals surface area contributed by atoms with Gasteiger partial charge in [0.25, 0.3) is 0 Å². The average molecular weight is 941 g/mol. The molecule has 1 aliphatic rings. The molecule has 282 valence electrons. The van der Waals surface area contributed by atoms with E-state index in [2.05, 4.69) is 54.1 Å². The van der Waals surface area contributed by atoms with Crippen molar-refractivity contribution in [3.8, 4) is 0 Å². The van der Waals surface area contributed by atoms with E-state index in [1.807, 2.05) is 20.8 Å². The number of esters is 1. The molecule has 1 saturated heterocycles. The summed E-state index contributed by atoms with van der Waals surface area (Å²) in [6.07, 6.45) is 2.84. The summed E-state index contributed by atoms with van der Waals surface area (Å²) in [6, 6.07) is 3.61. The van der Waals surface area contributed by atoms with Gasteiger partial charge >= 0.3 is 5.97 Å². The third kappa shape index (κ3) is 15.7. The zero-order valence-electron chi connectivity index (χ0n) is 30.6. The van der Waals surface area contributed by atoms with Crippen molar-refractivity contribution in [3.05, 3.63) is 22.4 Å². The molecule has 6 atom stereocenters. The molecule has 1 aliphatic heterocycles. The van der Waals surface area contributed by atoms with E-state index < -0.39 is 24.1 Å². The predicted octanol–water partition coefficient (Wildman–Crippen LogP) is 3.70. The van der Waals surface area contributed by atoms with Crippen molar-refractivity contribution < 1.29 is 38.2 Å². The molecule has 14 heteroatoms. The molecule has 1 aromatic heterocycles. The number of nitrogens with zero attached hydrogens (tertiary/aromatic N) is 2. The van der Waals surface area contributed by atoms with Gasteiger partial charge in [-0.2, -0.15) is 6.41 Å². The van der Waals surface area contributed by atoms with Crippen molar-refractivity contribution >= 4 is 41.4 Å². The second-order valence-electron chi connectivity index (χ2n) is 13.0. The summed E-state index contributed by atoms with van der Waals surface area (Å²) < 4.78 is 16.2. The number of thiophene rings is 1. The van der Waals surface area contributed by atoms with Crippen LogP contribution in [-0.4, -0.2) is 106 Å². The SMILES string of the molecule is CCC(C)C(C(CC(=O)N1CCCC1C(OC)C(C)C(=O)NCC(=O)OC)OC)N(C)C(=O)CC(C)(C)C.Cc1cccs1.N[C-]=O.[Fm]. The molecule has 0 saturated carbocycles. The Morgan fingerprint density at radius 3 is 2.19 bits per heavy atom. The number of carbonyl (C=O) groups is 4. The molecular weight excluding hydrogens is 881 g/mol. The van der Waals surface area contributed by atoms with Crippen LogP contribution >= 0.6 is 11.3 Å². The summed E-state index contributed by atoms with van der Waals surface area (Å²) in [6.45, 7) is 14.4. The maximum atomic E-state index is 13.7. The van der Waals surface area contributed by atoms with Crippen molar-refractivity contribution in [1.82, 2.24) is 15.1 Å². The molecule has 0 aliphatic carbocycles. The number of likely N-dealkylation sites (tertiary alicyclic amines) is 1. The summed E-state index contributed by atoms with van der Waals surface area (Å²) in [5, 5.41) is 4.65. The molecule has 0 radical (unpaired) electrons. The average Bonchev–Trinajstić information content (AvgIpc) is 3.71. The molecule has 0 aromatic carbocycles. The largest absolute Gasteiger partial charge is 0.543 e. The number of nitrogens with two attached hydrogens (primary N) is 1. The van der Waals surface area contributed by atoms with Crippen molar-refractivity contribution in [2.45, 2.75) is 105 Å². The molecule has 1 fully saturated rings.